The van der Waals surface area contributed by atoms with Crippen molar-refractivity contribution < 1.29 is 9.53 Å². The number of nitrogens with two attached hydrogens (primary N) is 1. The van der Waals surface area contributed by atoms with Gasteiger partial charge in [0.2, 0.25) is 0 Å². The van der Waals surface area contributed by atoms with E-state index in [1.807, 2.05) is 19.2 Å². The first-order valence-electron chi connectivity index (χ1n) is 8.14. The van der Waals surface area contributed by atoms with E-state index in [1.54, 1.807) is 17.0 Å². The van der Waals surface area contributed by atoms with Crippen LogP contribution < -0.4 is 10.5 Å². The van der Waals surface area contributed by atoms with Crippen LogP contribution in [0, 0.1) is 23.7 Å². The fourth-order valence-electron chi connectivity index (χ4n) is 3.48. The van der Waals surface area contributed by atoms with Gasteiger partial charge in [-0.1, -0.05) is 18.1 Å². The van der Waals surface area contributed by atoms with Gasteiger partial charge in [0.05, 0.1) is 17.6 Å². The van der Waals surface area contributed by atoms with Crippen molar-refractivity contribution in [2.24, 2.45) is 5.73 Å². The molecule has 0 saturated carbocycles. The van der Waals surface area contributed by atoms with E-state index in [4.69, 9.17) is 16.9 Å². The Morgan fingerprint density at radius 3 is 2.72 bits per heavy atom. The topological polar surface area (TPSA) is 79.3 Å². The van der Waals surface area contributed by atoms with E-state index in [-0.39, 0.29) is 12.4 Å². The average molecular weight is 333 g/mol. The zero-order chi connectivity index (χ0) is 18.0. The highest BCUT2D eigenvalue weighted by Crippen LogP contribution is 2.44. The molecule has 2 aliphatic rings. The maximum atomic E-state index is 12.6. The lowest BCUT2D eigenvalue weighted by molar-refractivity contribution is -0.116. The number of hydrogen-bond donors (Lipinski definition) is 1. The molecule has 126 valence electrons. The van der Waals surface area contributed by atoms with Gasteiger partial charge in [0.15, 0.2) is 5.78 Å². The Hall–Kier alpha value is -3.18. The molecule has 2 N–H and O–H groups in total. The summed E-state index contributed by atoms with van der Waals surface area (Å²) in [6, 6.07) is 9.51. The van der Waals surface area contributed by atoms with Gasteiger partial charge >= 0.3 is 0 Å². The third kappa shape index (κ3) is 2.86. The summed E-state index contributed by atoms with van der Waals surface area (Å²) < 4.78 is 5.39. The Bertz CT molecular complexity index is 850. The molecule has 0 amide bonds. The van der Waals surface area contributed by atoms with Gasteiger partial charge in [-0.15, -0.1) is 6.42 Å². The van der Waals surface area contributed by atoms with E-state index in [0.717, 1.165) is 24.1 Å². The SMILES string of the molecule is C#CCOc1ccc([C@H]2C(C#N)=C(N)N(C)C3=C2C(=O)CCC3)cc1. The molecule has 0 fully saturated rings. The molecule has 25 heavy (non-hydrogen) atoms. The molecular formula is C20H19N3O2. The second-order valence-electron chi connectivity index (χ2n) is 6.10. The number of rotatable bonds is 3. The van der Waals surface area contributed by atoms with E-state index >= 15 is 0 Å². The molecule has 1 heterocycles. The fourth-order valence-corrected chi connectivity index (χ4v) is 3.48. The molecule has 1 aliphatic heterocycles. The van der Waals surface area contributed by atoms with E-state index < -0.39 is 5.92 Å². The largest absolute Gasteiger partial charge is 0.481 e. The van der Waals surface area contributed by atoms with Crippen LogP contribution in [0.1, 0.15) is 30.7 Å². The highest BCUT2D eigenvalue weighted by atomic mass is 16.5. The molecule has 1 aliphatic carbocycles. The van der Waals surface area contributed by atoms with Crippen LogP contribution in [0.2, 0.25) is 0 Å². The first-order chi connectivity index (χ1) is 12.1. The summed E-state index contributed by atoms with van der Waals surface area (Å²) in [4.78, 5) is 14.4. The van der Waals surface area contributed by atoms with Crippen molar-refractivity contribution in [3.63, 3.8) is 0 Å². The summed E-state index contributed by atoms with van der Waals surface area (Å²) in [5.74, 6) is 3.14. The first kappa shape index (κ1) is 16.7. The smallest absolute Gasteiger partial charge is 0.161 e. The van der Waals surface area contributed by atoms with Crippen molar-refractivity contribution in [3.05, 3.63) is 52.5 Å². The second-order valence-corrected chi connectivity index (χ2v) is 6.10. The molecule has 1 aromatic rings. The number of terminal acetylenes is 1. The van der Waals surface area contributed by atoms with Gasteiger partial charge in [-0.05, 0) is 30.5 Å². The van der Waals surface area contributed by atoms with Gasteiger partial charge in [0, 0.05) is 24.7 Å². The molecule has 1 aromatic carbocycles. The second kappa shape index (κ2) is 6.75. The van der Waals surface area contributed by atoms with Crippen molar-refractivity contribution in [1.82, 2.24) is 4.90 Å². The first-order valence-corrected chi connectivity index (χ1v) is 8.14. The number of nitrogens with zero attached hydrogens (tertiary/aromatic N) is 2. The highest BCUT2D eigenvalue weighted by molar-refractivity contribution is 5.99. The third-order valence-corrected chi connectivity index (χ3v) is 4.70. The Morgan fingerprint density at radius 2 is 2.08 bits per heavy atom. The van der Waals surface area contributed by atoms with Crippen LogP contribution in [0.3, 0.4) is 0 Å². The van der Waals surface area contributed by atoms with E-state index in [9.17, 15) is 10.1 Å². The molecule has 5 nitrogen and oxygen atoms in total. The average Bonchev–Trinajstić information content (AvgIpc) is 2.63. The highest BCUT2D eigenvalue weighted by Gasteiger charge is 2.38. The number of Topliss-reactive ketones (excluding diaryl/α,β-unsaturated/α-hetero) is 1. The zero-order valence-corrected chi connectivity index (χ0v) is 14.1. The minimum Gasteiger partial charge on any atom is -0.481 e. The minimum absolute atomic E-state index is 0.0889. The Balaban J connectivity index is 2.07. The van der Waals surface area contributed by atoms with Crippen molar-refractivity contribution in [2.75, 3.05) is 13.7 Å². The van der Waals surface area contributed by atoms with Crippen molar-refractivity contribution >= 4 is 5.78 Å². The van der Waals surface area contributed by atoms with Gasteiger partial charge in [-0.2, -0.15) is 5.26 Å². The zero-order valence-electron chi connectivity index (χ0n) is 14.1. The Morgan fingerprint density at radius 1 is 1.36 bits per heavy atom. The maximum absolute atomic E-state index is 12.6. The van der Waals surface area contributed by atoms with Crippen molar-refractivity contribution in [2.45, 2.75) is 25.2 Å². The van der Waals surface area contributed by atoms with E-state index in [2.05, 4.69) is 12.0 Å². The van der Waals surface area contributed by atoms with E-state index in [0.29, 0.717) is 29.1 Å². The number of nitriles is 1. The summed E-state index contributed by atoms with van der Waals surface area (Å²) in [6.45, 7) is 0.192. The van der Waals surface area contributed by atoms with Crippen LogP contribution in [0.25, 0.3) is 0 Å². The lowest BCUT2D eigenvalue weighted by atomic mass is 9.76. The molecule has 3 rings (SSSR count). The van der Waals surface area contributed by atoms with Crippen LogP contribution in [0.15, 0.2) is 46.9 Å². The quantitative estimate of drug-likeness (QED) is 0.860. The van der Waals surface area contributed by atoms with Gasteiger partial charge in [-0.3, -0.25) is 4.79 Å². The Labute approximate surface area is 147 Å². The van der Waals surface area contributed by atoms with Gasteiger partial charge < -0.3 is 15.4 Å². The lowest BCUT2D eigenvalue weighted by Crippen LogP contribution is -2.36. The van der Waals surface area contributed by atoms with Gasteiger partial charge in [0.1, 0.15) is 18.2 Å². The molecular weight excluding hydrogens is 314 g/mol. The van der Waals surface area contributed by atoms with Crippen LogP contribution in [-0.4, -0.2) is 24.3 Å². The van der Waals surface area contributed by atoms with Crippen LogP contribution in [-0.2, 0) is 4.79 Å². The summed E-state index contributed by atoms with van der Waals surface area (Å²) in [6.07, 6.45) is 7.30. The Kier molecular flexibility index (Phi) is 4.50. The predicted molar refractivity (Wildman–Crippen MR) is 94.0 cm³/mol. The molecule has 0 bridgehead atoms. The number of hydrogen-bond acceptors (Lipinski definition) is 5. The fraction of sp³-hybridized carbons (Fsp3) is 0.300. The number of allylic oxidation sites excluding steroid dienone is 3. The number of benzene rings is 1. The lowest BCUT2D eigenvalue weighted by Gasteiger charge is -2.37. The normalized spacial score (nSPS) is 20.0. The molecule has 1 atom stereocenters. The van der Waals surface area contributed by atoms with Crippen molar-refractivity contribution in [1.29, 1.82) is 5.26 Å². The van der Waals surface area contributed by atoms with E-state index in [1.165, 1.54) is 0 Å². The van der Waals surface area contributed by atoms with Gasteiger partial charge in [-0.25, -0.2) is 0 Å². The summed E-state index contributed by atoms with van der Waals surface area (Å²) in [5.41, 5.74) is 9.07. The molecule has 0 radical (unpaired) electrons. The number of ketones is 1. The molecule has 0 saturated heterocycles. The van der Waals surface area contributed by atoms with Gasteiger partial charge in [0.25, 0.3) is 0 Å². The third-order valence-electron chi connectivity index (χ3n) is 4.70. The van der Waals surface area contributed by atoms with Crippen LogP contribution >= 0.6 is 0 Å². The standard InChI is InChI=1S/C20H19N3O2/c1-3-11-25-14-9-7-13(8-10-14)18-15(12-21)20(22)23(2)16-5-4-6-17(24)19(16)18/h1,7-10,18H,4-6,11,22H2,2H3/t18-/m0/s1. The number of carbonyl (C=O) groups is 1. The molecule has 0 unspecified atom stereocenters. The maximum Gasteiger partial charge on any atom is 0.161 e. The monoisotopic (exact) mass is 333 g/mol. The van der Waals surface area contributed by atoms with Crippen LogP contribution in [0.5, 0.6) is 5.75 Å². The van der Waals surface area contributed by atoms with Crippen LogP contribution in [0.4, 0.5) is 0 Å². The molecule has 0 aromatic heterocycles. The molecule has 5 heteroatoms. The minimum atomic E-state index is -0.425. The predicted octanol–water partition coefficient (Wildman–Crippen LogP) is 2.43. The summed E-state index contributed by atoms with van der Waals surface area (Å²) >= 11 is 0. The van der Waals surface area contributed by atoms with Crippen molar-refractivity contribution in [3.8, 4) is 24.2 Å². The molecule has 0 spiro atoms. The summed E-state index contributed by atoms with van der Waals surface area (Å²) in [7, 11) is 1.81. The summed E-state index contributed by atoms with van der Waals surface area (Å²) in [5, 5.41) is 9.66. The number of carbonyl (C=O) groups excluding carboxylic acids is 1. The number of ether oxygens (including phenoxy) is 1.